The molecule has 0 radical (unpaired) electrons. The van der Waals surface area contributed by atoms with E-state index in [0.717, 1.165) is 23.8 Å². The Morgan fingerprint density at radius 1 is 0.868 bits per heavy atom. The van der Waals surface area contributed by atoms with Gasteiger partial charge in [-0.1, -0.05) is 0 Å². The summed E-state index contributed by atoms with van der Waals surface area (Å²) < 4.78 is 25.9. The number of likely N-dealkylation sites (N-methyl/N-ethyl adjacent to an activating group) is 1. The Kier molecular flexibility index (Phi) is 12.8. The molecule has 1 aliphatic carbocycles. The number of aliphatic hydroxyl groups is 1. The molecule has 3 unspecified atom stereocenters. The van der Waals surface area contributed by atoms with E-state index in [2.05, 4.69) is 58.9 Å². The number of aliphatic carboxylic acids is 1. The van der Waals surface area contributed by atoms with Crippen molar-refractivity contribution in [1.82, 2.24) is 4.90 Å². The van der Waals surface area contributed by atoms with Crippen LogP contribution in [0.4, 0.5) is 4.79 Å². The standard InChI is InChI=1S/C24H49NO9Si4/c1-11-25(22(27)14-15-23(28)29)24(30)31-21-18-19(12-13-20(21)26)16-17-38(32-35(2,3)4,33-36(5,6)7)34-37(8,9)10/h14-15,19-21,26H,11-13,16-18H2,1-10H3,(H,28,29). The van der Waals surface area contributed by atoms with Gasteiger partial charge in [0.05, 0.1) is 6.10 Å². The Morgan fingerprint density at radius 2 is 1.37 bits per heavy atom. The first-order chi connectivity index (χ1) is 17.2. The highest BCUT2D eigenvalue weighted by Crippen LogP contribution is 2.36. The summed E-state index contributed by atoms with van der Waals surface area (Å²) in [6.45, 7) is 20.9. The molecule has 2 N–H and O–H groups in total. The first-order valence-corrected chi connectivity index (χ1v) is 25.5. The van der Waals surface area contributed by atoms with Crippen molar-refractivity contribution in [1.29, 1.82) is 0 Å². The van der Waals surface area contributed by atoms with Crippen molar-refractivity contribution < 1.29 is 41.7 Å². The number of ether oxygens (including phenoxy) is 1. The fraction of sp³-hybridized carbons (Fsp3) is 0.792. The molecule has 14 heteroatoms. The lowest BCUT2D eigenvalue weighted by Gasteiger charge is -2.43. The number of carboxylic acids is 1. The number of imide groups is 1. The van der Waals surface area contributed by atoms with Gasteiger partial charge in [-0.05, 0) is 97.4 Å². The molecule has 0 aromatic heterocycles. The molecular weight excluding hydrogens is 559 g/mol. The van der Waals surface area contributed by atoms with Crippen LogP contribution in [-0.2, 0) is 26.7 Å². The number of amides is 2. The molecule has 1 fully saturated rings. The van der Waals surface area contributed by atoms with Gasteiger partial charge in [-0.3, -0.25) is 4.79 Å². The lowest BCUT2D eigenvalue weighted by atomic mass is 9.84. The number of carboxylic acid groups (broad SMARTS) is 1. The number of aliphatic hydroxyl groups excluding tert-OH is 1. The monoisotopic (exact) mass is 607 g/mol. The van der Waals surface area contributed by atoms with E-state index in [0.29, 0.717) is 25.0 Å². The summed E-state index contributed by atoms with van der Waals surface area (Å²) in [7, 11) is -9.01. The van der Waals surface area contributed by atoms with Gasteiger partial charge in [0.1, 0.15) is 6.10 Å². The minimum atomic E-state index is -3.01. The third-order valence-corrected chi connectivity index (χ3v) is 17.5. The van der Waals surface area contributed by atoms with E-state index in [4.69, 9.17) is 22.2 Å². The lowest BCUT2D eigenvalue weighted by Crippen LogP contribution is -2.60. The fourth-order valence-corrected chi connectivity index (χ4v) is 19.2. The van der Waals surface area contributed by atoms with Gasteiger partial charge in [0.2, 0.25) is 0 Å². The van der Waals surface area contributed by atoms with E-state index in [9.17, 15) is 19.5 Å². The molecule has 2 amide bonds. The topological polar surface area (TPSA) is 132 Å². The maximum absolute atomic E-state index is 12.7. The van der Waals surface area contributed by atoms with Gasteiger partial charge >= 0.3 is 20.9 Å². The molecule has 0 aromatic carbocycles. The van der Waals surface area contributed by atoms with E-state index in [1.54, 1.807) is 6.92 Å². The van der Waals surface area contributed by atoms with Gasteiger partial charge in [-0.15, -0.1) is 0 Å². The van der Waals surface area contributed by atoms with E-state index in [-0.39, 0.29) is 12.5 Å². The second kappa shape index (κ2) is 14.0. The Morgan fingerprint density at radius 3 is 1.79 bits per heavy atom. The van der Waals surface area contributed by atoms with E-state index >= 15 is 0 Å². The molecule has 0 spiro atoms. The van der Waals surface area contributed by atoms with Crippen molar-refractivity contribution in [2.45, 2.75) is 110 Å². The van der Waals surface area contributed by atoms with Crippen molar-refractivity contribution in [2.24, 2.45) is 5.92 Å². The molecule has 220 valence electrons. The maximum atomic E-state index is 12.7. The molecule has 1 rings (SSSR count). The van der Waals surface area contributed by atoms with Gasteiger partial charge in [0, 0.05) is 24.7 Å². The number of carbonyl (C=O) groups is 3. The zero-order valence-electron chi connectivity index (χ0n) is 24.8. The Labute approximate surface area is 232 Å². The van der Waals surface area contributed by atoms with Gasteiger partial charge in [-0.25, -0.2) is 14.5 Å². The van der Waals surface area contributed by atoms with Gasteiger partial charge in [0.15, 0.2) is 25.0 Å². The Hall–Kier alpha value is -1.14. The van der Waals surface area contributed by atoms with Crippen LogP contribution in [0.25, 0.3) is 0 Å². The summed E-state index contributed by atoms with van der Waals surface area (Å²) >= 11 is 0. The maximum Gasteiger partial charge on any atom is 0.469 e. The fourth-order valence-electron chi connectivity index (χ4n) is 4.38. The predicted molar refractivity (Wildman–Crippen MR) is 156 cm³/mol. The van der Waals surface area contributed by atoms with Crippen molar-refractivity contribution >= 4 is 51.7 Å². The van der Waals surface area contributed by atoms with Crippen molar-refractivity contribution in [3.8, 4) is 0 Å². The number of rotatable bonds is 13. The van der Waals surface area contributed by atoms with Crippen molar-refractivity contribution in [3.63, 3.8) is 0 Å². The molecule has 38 heavy (non-hydrogen) atoms. The van der Waals surface area contributed by atoms with Crippen molar-refractivity contribution in [2.75, 3.05) is 6.54 Å². The van der Waals surface area contributed by atoms with Crippen LogP contribution in [-0.4, -0.2) is 85.6 Å². The first-order valence-electron chi connectivity index (χ1n) is 13.4. The smallest absolute Gasteiger partial charge is 0.469 e. The number of carbonyl (C=O) groups excluding carboxylic acids is 2. The van der Waals surface area contributed by atoms with Gasteiger partial charge in [-0.2, -0.15) is 0 Å². The lowest BCUT2D eigenvalue weighted by molar-refractivity contribution is -0.132. The Balaban J connectivity index is 3.04. The summed E-state index contributed by atoms with van der Waals surface area (Å²) in [5.41, 5.74) is 0. The summed E-state index contributed by atoms with van der Waals surface area (Å²) in [5, 5.41) is 19.3. The summed E-state index contributed by atoms with van der Waals surface area (Å²) in [4.78, 5) is 36.5. The first kappa shape index (κ1) is 34.9. The second-order valence-electron chi connectivity index (χ2n) is 12.8. The third kappa shape index (κ3) is 13.3. The SMILES string of the molecule is CCN(C(=O)C=CC(=O)O)C(=O)OC1CC(CC[Si](O[Si](C)(C)C)(O[Si](C)(C)C)O[Si](C)(C)C)CCC1O. The normalized spacial score (nSPS) is 21.4. The molecule has 0 saturated heterocycles. The van der Waals surface area contributed by atoms with Gasteiger partial charge in [0.25, 0.3) is 5.91 Å². The molecule has 1 aliphatic rings. The number of nitrogens with zero attached hydrogens (tertiary/aromatic N) is 1. The molecule has 1 saturated carbocycles. The van der Waals surface area contributed by atoms with Crippen molar-refractivity contribution in [3.05, 3.63) is 12.2 Å². The quantitative estimate of drug-likeness (QED) is 0.219. The largest absolute Gasteiger partial charge is 0.478 e. The molecule has 0 heterocycles. The third-order valence-electron chi connectivity index (χ3n) is 5.53. The molecule has 0 aromatic rings. The van der Waals surface area contributed by atoms with Crippen LogP contribution < -0.4 is 0 Å². The summed E-state index contributed by atoms with van der Waals surface area (Å²) in [5.74, 6) is -1.92. The van der Waals surface area contributed by atoms with Crippen LogP contribution in [0.15, 0.2) is 12.2 Å². The number of hydrogen-bond acceptors (Lipinski definition) is 8. The highest BCUT2D eigenvalue weighted by molar-refractivity contribution is 6.90. The highest BCUT2D eigenvalue weighted by atomic mass is 28.5. The van der Waals surface area contributed by atoms with Crippen LogP contribution in [0, 0.1) is 5.92 Å². The van der Waals surface area contributed by atoms with Crippen LogP contribution in [0.3, 0.4) is 0 Å². The van der Waals surface area contributed by atoms with E-state index < -0.39 is 63.9 Å². The Bertz CT molecular complexity index is 809. The second-order valence-corrected chi connectivity index (χ2v) is 29.8. The molecule has 0 bridgehead atoms. The minimum absolute atomic E-state index is 0.0120. The predicted octanol–water partition coefficient (Wildman–Crippen LogP) is 5.03. The average Bonchev–Trinajstić information content (AvgIpc) is 2.69. The van der Waals surface area contributed by atoms with E-state index in [1.807, 2.05) is 0 Å². The van der Waals surface area contributed by atoms with Crippen LogP contribution in [0.2, 0.25) is 65.0 Å². The van der Waals surface area contributed by atoms with Crippen LogP contribution >= 0.6 is 0 Å². The minimum Gasteiger partial charge on any atom is -0.478 e. The van der Waals surface area contributed by atoms with Crippen LogP contribution in [0.5, 0.6) is 0 Å². The molecule has 10 nitrogen and oxygen atoms in total. The molecule has 3 atom stereocenters. The highest BCUT2D eigenvalue weighted by Gasteiger charge is 2.50. The zero-order chi connectivity index (χ0) is 29.5. The average molecular weight is 608 g/mol. The van der Waals surface area contributed by atoms with Gasteiger partial charge < -0.3 is 27.3 Å². The molecular formula is C24H49NO9Si4. The summed E-state index contributed by atoms with van der Waals surface area (Å²) in [6, 6.07) is 0.660. The van der Waals surface area contributed by atoms with E-state index in [1.165, 1.54) is 0 Å². The van der Waals surface area contributed by atoms with Crippen LogP contribution in [0.1, 0.15) is 32.6 Å². The number of hydrogen-bond donors (Lipinski definition) is 2. The zero-order valence-corrected chi connectivity index (χ0v) is 28.8. The summed E-state index contributed by atoms with van der Waals surface area (Å²) in [6.07, 6.45) is 1.42. The molecule has 0 aliphatic heterocycles.